The Labute approximate surface area is 115 Å². The van der Waals surface area contributed by atoms with Crippen LogP contribution in [-0.4, -0.2) is 46.2 Å². The maximum atomic E-state index is 12.4. The van der Waals surface area contributed by atoms with Crippen LogP contribution in [-0.2, 0) is 4.79 Å². The van der Waals surface area contributed by atoms with E-state index in [9.17, 15) is 9.90 Å². The second-order valence-electron chi connectivity index (χ2n) is 6.62. The molecule has 0 aromatic carbocycles. The molecule has 0 spiro atoms. The van der Waals surface area contributed by atoms with E-state index in [2.05, 4.69) is 10.2 Å². The Kier molecular flexibility index (Phi) is 3.81. The molecule has 4 nitrogen and oxygen atoms in total. The van der Waals surface area contributed by atoms with E-state index in [0.717, 1.165) is 38.5 Å². The summed E-state index contributed by atoms with van der Waals surface area (Å²) in [6.07, 6.45) is 8.61. The van der Waals surface area contributed by atoms with Crippen molar-refractivity contribution in [1.82, 2.24) is 10.2 Å². The second kappa shape index (κ2) is 5.41. The SMILES string of the molecule is CC(C(=O)NC1CCCC1)N1C2CCC1CC(O)C2. The predicted molar refractivity (Wildman–Crippen MR) is 73.8 cm³/mol. The molecule has 2 saturated heterocycles. The van der Waals surface area contributed by atoms with E-state index in [0.29, 0.717) is 18.1 Å². The number of aliphatic hydroxyl groups excluding tert-OH is 1. The van der Waals surface area contributed by atoms with Crippen LogP contribution in [0.15, 0.2) is 0 Å². The highest BCUT2D eigenvalue weighted by atomic mass is 16.3. The number of carbonyl (C=O) groups excluding carboxylic acids is 1. The highest BCUT2D eigenvalue weighted by Crippen LogP contribution is 2.37. The maximum Gasteiger partial charge on any atom is 0.237 e. The molecule has 19 heavy (non-hydrogen) atoms. The molecule has 0 aromatic rings. The summed E-state index contributed by atoms with van der Waals surface area (Å²) in [5.74, 6) is 0.195. The van der Waals surface area contributed by atoms with Gasteiger partial charge in [-0.1, -0.05) is 12.8 Å². The summed E-state index contributed by atoms with van der Waals surface area (Å²) in [6.45, 7) is 2.04. The molecule has 1 saturated carbocycles. The van der Waals surface area contributed by atoms with Crippen LogP contribution < -0.4 is 5.32 Å². The molecule has 0 radical (unpaired) electrons. The zero-order valence-corrected chi connectivity index (χ0v) is 11.8. The summed E-state index contributed by atoms with van der Waals surface area (Å²) < 4.78 is 0. The number of rotatable bonds is 3. The molecule has 2 bridgehead atoms. The highest BCUT2D eigenvalue weighted by Gasteiger charge is 2.44. The van der Waals surface area contributed by atoms with Crippen molar-refractivity contribution in [2.45, 2.75) is 88.6 Å². The van der Waals surface area contributed by atoms with Crippen molar-refractivity contribution in [3.8, 4) is 0 Å². The molecule has 4 heteroatoms. The third-order valence-corrected chi connectivity index (χ3v) is 5.29. The van der Waals surface area contributed by atoms with Crippen molar-refractivity contribution >= 4 is 5.91 Å². The predicted octanol–water partition coefficient (Wildman–Crippen LogP) is 1.42. The molecule has 2 N–H and O–H groups in total. The van der Waals surface area contributed by atoms with Gasteiger partial charge < -0.3 is 10.4 Å². The van der Waals surface area contributed by atoms with Gasteiger partial charge in [0.05, 0.1) is 12.1 Å². The first-order valence-corrected chi connectivity index (χ1v) is 7.91. The van der Waals surface area contributed by atoms with Gasteiger partial charge in [0.15, 0.2) is 0 Å². The average molecular weight is 266 g/mol. The molecule has 0 aromatic heterocycles. The largest absolute Gasteiger partial charge is 0.393 e. The number of fused-ring (bicyclic) bond motifs is 2. The molecule has 108 valence electrons. The van der Waals surface area contributed by atoms with Crippen LogP contribution >= 0.6 is 0 Å². The monoisotopic (exact) mass is 266 g/mol. The Hall–Kier alpha value is -0.610. The van der Waals surface area contributed by atoms with Gasteiger partial charge in [0.25, 0.3) is 0 Å². The third kappa shape index (κ3) is 2.65. The van der Waals surface area contributed by atoms with Crippen molar-refractivity contribution in [2.75, 3.05) is 0 Å². The topological polar surface area (TPSA) is 52.6 Å². The minimum atomic E-state index is -0.154. The van der Waals surface area contributed by atoms with Gasteiger partial charge >= 0.3 is 0 Å². The summed E-state index contributed by atoms with van der Waals surface area (Å²) in [7, 11) is 0. The number of piperidine rings is 1. The molecule has 3 fully saturated rings. The number of amides is 1. The van der Waals surface area contributed by atoms with Gasteiger partial charge in [0.1, 0.15) is 0 Å². The molecule has 3 atom stereocenters. The number of nitrogens with zero attached hydrogens (tertiary/aromatic N) is 1. The van der Waals surface area contributed by atoms with Crippen LogP contribution in [0.5, 0.6) is 0 Å². The van der Waals surface area contributed by atoms with Crippen molar-refractivity contribution in [1.29, 1.82) is 0 Å². The van der Waals surface area contributed by atoms with Gasteiger partial charge in [-0.25, -0.2) is 0 Å². The van der Waals surface area contributed by atoms with Crippen LogP contribution in [0.3, 0.4) is 0 Å². The standard InChI is InChI=1S/C15H26N2O2/c1-10(15(19)16-11-4-2-3-5-11)17-12-6-7-13(17)9-14(18)8-12/h10-14,18H,2-9H2,1H3,(H,16,19). The fraction of sp³-hybridized carbons (Fsp3) is 0.933. The summed E-state index contributed by atoms with van der Waals surface area (Å²) in [6, 6.07) is 1.20. The van der Waals surface area contributed by atoms with Crippen LogP contribution in [0.1, 0.15) is 58.3 Å². The number of nitrogens with one attached hydrogen (secondary N) is 1. The highest BCUT2D eigenvalue weighted by molar-refractivity contribution is 5.81. The van der Waals surface area contributed by atoms with Gasteiger partial charge in [-0.05, 0) is 45.4 Å². The van der Waals surface area contributed by atoms with Gasteiger partial charge in [-0.3, -0.25) is 9.69 Å². The second-order valence-corrected chi connectivity index (χ2v) is 6.62. The van der Waals surface area contributed by atoms with Crippen molar-refractivity contribution in [3.05, 3.63) is 0 Å². The van der Waals surface area contributed by atoms with Crippen LogP contribution in [0, 0.1) is 0 Å². The lowest BCUT2D eigenvalue weighted by Gasteiger charge is -2.40. The summed E-state index contributed by atoms with van der Waals surface area (Å²) in [5.41, 5.74) is 0. The fourth-order valence-corrected chi connectivity index (χ4v) is 4.34. The number of aliphatic hydroxyl groups is 1. The van der Waals surface area contributed by atoms with E-state index < -0.39 is 0 Å². The van der Waals surface area contributed by atoms with E-state index in [4.69, 9.17) is 0 Å². The lowest BCUT2D eigenvalue weighted by Crippen LogP contribution is -2.55. The first kappa shape index (κ1) is 13.4. The van der Waals surface area contributed by atoms with Gasteiger partial charge in [-0.2, -0.15) is 0 Å². The quantitative estimate of drug-likeness (QED) is 0.812. The third-order valence-electron chi connectivity index (χ3n) is 5.29. The lowest BCUT2D eigenvalue weighted by atomic mass is 9.97. The minimum Gasteiger partial charge on any atom is -0.393 e. The number of hydrogen-bond acceptors (Lipinski definition) is 3. The van der Waals surface area contributed by atoms with Crippen LogP contribution in [0.2, 0.25) is 0 Å². The normalized spacial score (nSPS) is 37.5. The van der Waals surface area contributed by atoms with Gasteiger partial charge in [0.2, 0.25) is 5.91 Å². The van der Waals surface area contributed by atoms with Gasteiger partial charge in [-0.15, -0.1) is 0 Å². The van der Waals surface area contributed by atoms with E-state index in [-0.39, 0.29) is 18.1 Å². The first-order valence-electron chi connectivity index (χ1n) is 7.91. The zero-order chi connectivity index (χ0) is 13.4. The summed E-state index contributed by atoms with van der Waals surface area (Å²) in [5, 5.41) is 13.0. The van der Waals surface area contributed by atoms with E-state index in [1.165, 1.54) is 12.8 Å². The van der Waals surface area contributed by atoms with Crippen LogP contribution in [0.25, 0.3) is 0 Å². The Bertz CT molecular complexity index is 327. The molecular weight excluding hydrogens is 240 g/mol. The van der Waals surface area contributed by atoms with E-state index >= 15 is 0 Å². The summed E-state index contributed by atoms with van der Waals surface area (Å²) >= 11 is 0. The summed E-state index contributed by atoms with van der Waals surface area (Å²) in [4.78, 5) is 14.8. The van der Waals surface area contributed by atoms with Crippen molar-refractivity contribution in [3.63, 3.8) is 0 Å². The first-order chi connectivity index (χ1) is 9.15. The van der Waals surface area contributed by atoms with Crippen molar-refractivity contribution in [2.24, 2.45) is 0 Å². The average Bonchev–Trinajstić information content (AvgIpc) is 2.96. The Morgan fingerprint density at radius 2 is 1.74 bits per heavy atom. The van der Waals surface area contributed by atoms with Gasteiger partial charge in [0, 0.05) is 18.1 Å². The Morgan fingerprint density at radius 1 is 1.16 bits per heavy atom. The molecule has 2 heterocycles. The van der Waals surface area contributed by atoms with Crippen molar-refractivity contribution < 1.29 is 9.90 Å². The smallest absolute Gasteiger partial charge is 0.237 e. The van der Waals surface area contributed by atoms with E-state index in [1.54, 1.807) is 0 Å². The lowest BCUT2D eigenvalue weighted by molar-refractivity contribution is -0.129. The molecular formula is C15H26N2O2. The zero-order valence-electron chi connectivity index (χ0n) is 11.8. The van der Waals surface area contributed by atoms with E-state index in [1.807, 2.05) is 6.92 Å². The fourth-order valence-electron chi connectivity index (χ4n) is 4.34. The number of hydrogen-bond donors (Lipinski definition) is 2. The number of carbonyl (C=O) groups is 1. The Balaban J connectivity index is 1.60. The minimum absolute atomic E-state index is 0.0365. The molecule has 3 rings (SSSR count). The molecule has 3 unspecified atom stereocenters. The molecule has 2 aliphatic heterocycles. The molecule has 3 aliphatic rings. The molecule has 1 amide bonds. The van der Waals surface area contributed by atoms with Crippen LogP contribution in [0.4, 0.5) is 0 Å². The molecule has 1 aliphatic carbocycles. The maximum absolute atomic E-state index is 12.4. The Morgan fingerprint density at radius 3 is 2.32 bits per heavy atom.